The van der Waals surface area contributed by atoms with Gasteiger partial charge in [0.1, 0.15) is 0 Å². The van der Waals surface area contributed by atoms with Gasteiger partial charge in [-0.25, -0.2) is 0 Å². The molecule has 1 aliphatic carbocycles. The minimum absolute atomic E-state index is 0. The zero-order valence-corrected chi connectivity index (χ0v) is 24.6. The Kier molecular flexibility index (Phi) is 8.04. The molecule has 0 aliphatic heterocycles. The normalized spacial score (nSPS) is 12.0. The molecule has 171 valence electrons. The molecule has 3 heteroatoms. The van der Waals surface area contributed by atoms with E-state index < -0.39 is 0 Å². The molecule has 0 atom stereocenters. The molecule has 0 heterocycles. The van der Waals surface area contributed by atoms with E-state index in [1.54, 1.807) is 24.7 Å². The van der Waals surface area contributed by atoms with Gasteiger partial charge in [-0.2, -0.15) is 0 Å². The maximum absolute atomic E-state index is 2.46. The molecule has 0 radical (unpaired) electrons. The monoisotopic (exact) mass is 561 g/mol. The molecule has 0 saturated carbocycles. The fourth-order valence-electron chi connectivity index (χ4n) is 5.84. The first-order chi connectivity index (χ1) is 15.2. The van der Waals surface area contributed by atoms with Gasteiger partial charge in [-0.1, -0.05) is 0 Å². The molecule has 0 spiro atoms. The van der Waals surface area contributed by atoms with E-state index in [0.29, 0.717) is 3.63 Å². The maximum Gasteiger partial charge on any atom is -1.00 e. The van der Waals surface area contributed by atoms with Gasteiger partial charge in [-0.15, -0.1) is 0 Å². The zero-order chi connectivity index (χ0) is 22.7. The van der Waals surface area contributed by atoms with Crippen molar-refractivity contribution in [2.24, 2.45) is 0 Å². The summed E-state index contributed by atoms with van der Waals surface area (Å²) in [5, 5.41) is 0. The molecule has 0 saturated heterocycles. The SMILES string of the molecule is Cc1cc(C)c(-c2ccc3c(c2)[CH]([Zr+2])c2cc(-c4c(C)cc(C)cc4C)ccc2-3)c(C)c1.[Cl-].[Cl-]. The fourth-order valence-corrected chi connectivity index (χ4v) is 7.02. The van der Waals surface area contributed by atoms with Gasteiger partial charge in [0.15, 0.2) is 0 Å². The summed E-state index contributed by atoms with van der Waals surface area (Å²) in [5.74, 6) is 0. The number of halogens is 2. The van der Waals surface area contributed by atoms with E-state index >= 15 is 0 Å². The van der Waals surface area contributed by atoms with Crippen LogP contribution in [0.1, 0.15) is 48.1 Å². The van der Waals surface area contributed by atoms with Gasteiger partial charge in [0.05, 0.1) is 0 Å². The van der Waals surface area contributed by atoms with Crippen LogP contribution in [0.25, 0.3) is 33.4 Å². The molecule has 0 amide bonds. The number of rotatable bonds is 2. The summed E-state index contributed by atoms with van der Waals surface area (Å²) in [5.41, 5.74) is 19.4. The quantitative estimate of drug-likeness (QED) is 0.352. The van der Waals surface area contributed by atoms with Crippen molar-refractivity contribution in [1.29, 1.82) is 0 Å². The standard InChI is InChI=1S/C31H29.2ClH.Zr/c1-18-11-20(3)30(21(4)12-18)24-7-9-28-26(15-24)17-27-16-25(8-10-29(27)28)31-22(5)13-19(2)14-23(31)6;;;/h7-17H,1-6H3;2*1H;/q;;;+2/p-2. The number of fused-ring (bicyclic) bond motifs is 3. The van der Waals surface area contributed by atoms with Crippen LogP contribution < -0.4 is 24.8 Å². The minimum atomic E-state index is 0. The second-order valence-electron chi connectivity index (χ2n) is 9.58. The van der Waals surface area contributed by atoms with Crippen molar-refractivity contribution in [3.8, 4) is 33.4 Å². The van der Waals surface area contributed by atoms with Crippen LogP contribution in [0.2, 0.25) is 0 Å². The van der Waals surface area contributed by atoms with E-state index in [4.69, 9.17) is 0 Å². The van der Waals surface area contributed by atoms with E-state index in [1.165, 1.54) is 77.9 Å². The van der Waals surface area contributed by atoms with E-state index in [0.717, 1.165) is 0 Å². The second kappa shape index (κ2) is 10.1. The van der Waals surface area contributed by atoms with Gasteiger partial charge in [-0.3, -0.25) is 0 Å². The van der Waals surface area contributed by atoms with Gasteiger partial charge in [-0.05, 0) is 0 Å². The first-order valence-corrected chi connectivity index (χ1v) is 12.8. The van der Waals surface area contributed by atoms with Gasteiger partial charge in [0.2, 0.25) is 0 Å². The zero-order valence-electron chi connectivity index (χ0n) is 20.6. The van der Waals surface area contributed by atoms with Gasteiger partial charge in [0.25, 0.3) is 0 Å². The average molecular weight is 564 g/mol. The van der Waals surface area contributed by atoms with Gasteiger partial charge in [0, 0.05) is 0 Å². The van der Waals surface area contributed by atoms with Crippen molar-refractivity contribution >= 4 is 0 Å². The Balaban J connectivity index is 0.00000162. The van der Waals surface area contributed by atoms with Crippen molar-refractivity contribution in [3.05, 3.63) is 105 Å². The van der Waals surface area contributed by atoms with Crippen LogP contribution in [0.3, 0.4) is 0 Å². The van der Waals surface area contributed by atoms with Crippen molar-refractivity contribution in [3.63, 3.8) is 0 Å². The van der Waals surface area contributed by atoms with Crippen LogP contribution in [0.15, 0.2) is 60.7 Å². The van der Waals surface area contributed by atoms with E-state index in [9.17, 15) is 0 Å². The Labute approximate surface area is 231 Å². The fraction of sp³-hybridized carbons (Fsp3) is 0.226. The molecule has 4 aromatic rings. The molecule has 0 bridgehead atoms. The molecule has 4 aromatic carbocycles. The Morgan fingerprint density at radius 3 is 1.15 bits per heavy atom. The van der Waals surface area contributed by atoms with E-state index in [-0.39, 0.29) is 24.8 Å². The second-order valence-corrected chi connectivity index (χ2v) is 11.0. The van der Waals surface area contributed by atoms with Crippen molar-refractivity contribution < 1.29 is 49.5 Å². The van der Waals surface area contributed by atoms with Crippen molar-refractivity contribution in [2.75, 3.05) is 0 Å². The molecule has 1 aliphatic rings. The molecule has 0 fully saturated rings. The summed E-state index contributed by atoms with van der Waals surface area (Å²) >= 11 is 1.55. The topological polar surface area (TPSA) is 0 Å². The Morgan fingerprint density at radius 1 is 0.500 bits per heavy atom. The third-order valence-electron chi connectivity index (χ3n) is 6.95. The number of aryl methyl sites for hydroxylation is 6. The van der Waals surface area contributed by atoms with Crippen molar-refractivity contribution in [2.45, 2.75) is 45.2 Å². The van der Waals surface area contributed by atoms with Crippen LogP contribution in [0.4, 0.5) is 0 Å². The van der Waals surface area contributed by atoms with Crippen LogP contribution in [-0.4, -0.2) is 0 Å². The molecular formula is C31H29Cl2Zr. The largest absolute Gasteiger partial charge is 1.00 e. The Hall–Kier alpha value is -1.66. The molecule has 0 aromatic heterocycles. The first kappa shape index (κ1) is 26.9. The summed E-state index contributed by atoms with van der Waals surface area (Å²) in [6.07, 6.45) is 0. The predicted molar refractivity (Wildman–Crippen MR) is 133 cm³/mol. The third kappa shape index (κ3) is 4.48. The first-order valence-electron chi connectivity index (χ1n) is 11.4. The van der Waals surface area contributed by atoms with Crippen LogP contribution >= 0.6 is 0 Å². The van der Waals surface area contributed by atoms with E-state index in [1.807, 2.05) is 0 Å². The van der Waals surface area contributed by atoms with E-state index in [2.05, 4.69) is 102 Å². The molecule has 5 rings (SSSR count). The predicted octanol–water partition coefficient (Wildman–Crippen LogP) is 2.50. The van der Waals surface area contributed by atoms with Gasteiger partial charge >= 0.3 is 208 Å². The summed E-state index contributed by atoms with van der Waals surface area (Å²) in [6.45, 7) is 13.3. The van der Waals surface area contributed by atoms with Crippen molar-refractivity contribution in [1.82, 2.24) is 0 Å². The Morgan fingerprint density at radius 2 is 0.824 bits per heavy atom. The Bertz CT molecular complexity index is 1250. The van der Waals surface area contributed by atoms with Crippen LogP contribution in [-0.2, 0) is 24.7 Å². The van der Waals surface area contributed by atoms with Crippen LogP contribution in [0, 0.1) is 41.5 Å². The van der Waals surface area contributed by atoms with Crippen LogP contribution in [0.5, 0.6) is 0 Å². The molecule has 0 N–H and O–H groups in total. The number of hydrogen-bond donors (Lipinski definition) is 0. The summed E-state index contributed by atoms with van der Waals surface area (Å²) in [7, 11) is 0. The summed E-state index contributed by atoms with van der Waals surface area (Å²) in [4.78, 5) is 0. The number of hydrogen-bond acceptors (Lipinski definition) is 0. The molecule has 34 heavy (non-hydrogen) atoms. The summed E-state index contributed by atoms with van der Waals surface area (Å²) in [6, 6.07) is 23.5. The number of benzene rings is 4. The molecular weight excluding hydrogens is 534 g/mol. The summed E-state index contributed by atoms with van der Waals surface area (Å²) < 4.78 is 0.490. The smallest absolute Gasteiger partial charge is 1.00 e. The third-order valence-corrected chi connectivity index (χ3v) is 8.48. The minimum Gasteiger partial charge on any atom is -1.00 e. The molecule has 0 unspecified atom stereocenters. The van der Waals surface area contributed by atoms with Gasteiger partial charge < -0.3 is 24.8 Å². The molecule has 0 nitrogen and oxygen atoms in total. The average Bonchev–Trinajstić information content (AvgIpc) is 2.98. The maximum atomic E-state index is 2.46.